The number of halogens is 6. The average Bonchev–Trinajstić information content (AvgIpc) is 3.23. The fourth-order valence-corrected chi connectivity index (χ4v) is 7.58. The van der Waals surface area contributed by atoms with Gasteiger partial charge < -0.3 is 62.6 Å². The smallest absolute Gasteiger partial charge is 0.480 e. The van der Waals surface area contributed by atoms with E-state index in [2.05, 4.69) is 40.0 Å². The third-order valence-corrected chi connectivity index (χ3v) is 10.9. The van der Waals surface area contributed by atoms with Gasteiger partial charge in [0, 0.05) is 49.6 Å². The summed E-state index contributed by atoms with van der Waals surface area (Å²) in [7, 11) is 0. The largest absolute Gasteiger partial charge is 0.574 e. The maximum absolute atomic E-state index is 14.0. The highest BCUT2D eigenvalue weighted by Gasteiger charge is 2.35. The highest BCUT2D eigenvalue weighted by Crippen LogP contribution is 2.38. The number of carbonyl (C=O) groups excluding carboxylic acids is 5. The molecule has 2 aromatic heterocycles. The fraction of sp³-hybridized carbons (Fsp3) is 0.514. The molecule has 0 radical (unpaired) electrons. The van der Waals surface area contributed by atoms with Crippen LogP contribution in [-0.2, 0) is 43.2 Å². The summed E-state index contributed by atoms with van der Waals surface area (Å²) in [6.45, 7) is -1.93. The Morgan fingerprint density at radius 2 is 0.956 bits per heavy atom. The predicted octanol–water partition coefficient (Wildman–Crippen LogP) is -0.583. The molecule has 6 atom stereocenters. The summed E-state index contributed by atoms with van der Waals surface area (Å²) >= 11 is 1.15. The maximum Gasteiger partial charge on any atom is 0.574 e. The van der Waals surface area contributed by atoms with Crippen molar-refractivity contribution in [3.63, 3.8) is 0 Å². The zero-order valence-corrected chi connectivity index (χ0v) is 36.3. The highest BCUT2D eigenvalue weighted by molar-refractivity contribution is 7.99. The van der Waals surface area contributed by atoms with Gasteiger partial charge in [-0.05, 0) is 12.8 Å². The number of nitrogens with one attached hydrogen (secondary N) is 4. The summed E-state index contributed by atoms with van der Waals surface area (Å²) in [4.78, 5) is 125. The first-order valence-corrected chi connectivity index (χ1v) is 21.2. The third-order valence-electron chi connectivity index (χ3n) is 8.25. The van der Waals surface area contributed by atoms with Crippen LogP contribution in [0.25, 0.3) is 0 Å². The number of thioether (sulfide) groups is 2. The van der Waals surface area contributed by atoms with E-state index in [1.54, 1.807) is 0 Å². The fourth-order valence-electron chi connectivity index (χ4n) is 5.08. The molecule has 0 aliphatic rings. The predicted molar refractivity (Wildman–Crippen MR) is 217 cm³/mol. The number of ketones is 1. The standard InChI is InChI=1S/C35H42F6N10O15S2/c36-34(37,38)65-26-9-44-7-18(50-26)22(67-13-20(30(59)46-11-28(55)56)48-24(53)3-1-16(42)32(61)62)5-15(52)6-23(19-8-45-10-27(51-19)66-35(39,40)41)68-14-21(31(60)47-12-29(57)58)49-25(54)4-2-17(43)33(63)64/h7-10,16-17,20-23H,1-6,11-14,42-43H2,(H,46,59)(H,47,60)(H,48,53)(H,49,54)(H,55,56)(H,57,58)(H,61,62)(H,63,64)/t16-,17+,20-,21-,22?,23?/m0/s1. The van der Waals surface area contributed by atoms with Gasteiger partial charge in [-0.2, -0.15) is 0 Å². The molecule has 2 unspecified atom stereocenters. The van der Waals surface area contributed by atoms with Crippen LogP contribution < -0.4 is 42.2 Å². The number of alkyl halides is 6. The van der Waals surface area contributed by atoms with Crippen molar-refractivity contribution in [1.29, 1.82) is 0 Å². The van der Waals surface area contributed by atoms with Crippen molar-refractivity contribution in [2.75, 3.05) is 24.6 Å². The number of hydrogen-bond donors (Lipinski definition) is 10. The molecule has 2 aromatic rings. The second kappa shape index (κ2) is 27.3. The van der Waals surface area contributed by atoms with Crippen molar-refractivity contribution in [3.05, 3.63) is 36.2 Å². The van der Waals surface area contributed by atoms with Crippen molar-refractivity contribution in [2.24, 2.45) is 11.5 Å². The van der Waals surface area contributed by atoms with Gasteiger partial charge in [-0.15, -0.1) is 49.9 Å². The van der Waals surface area contributed by atoms with Crippen molar-refractivity contribution in [1.82, 2.24) is 41.2 Å². The Balaban J connectivity index is 2.59. The van der Waals surface area contributed by atoms with E-state index < -0.39 is 187 Å². The summed E-state index contributed by atoms with van der Waals surface area (Å²) in [6, 6.07) is -6.36. The number of rotatable bonds is 30. The molecule has 0 bridgehead atoms. The van der Waals surface area contributed by atoms with Crippen molar-refractivity contribution in [2.45, 2.75) is 85.9 Å². The first-order valence-electron chi connectivity index (χ1n) is 19.1. The Hall–Kier alpha value is -6.61. The minimum Gasteiger partial charge on any atom is -0.480 e. The van der Waals surface area contributed by atoms with Gasteiger partial charge in [-0.25, -0.2) is 9.97 Å². The molecule has 0 aliphatic heterocycles. The molecule has 2 rings (SSSR count). The van der Waals surface area contributed by atoms with Crippen molar-refractivity contribution in [3.8, 4) is 11.8 Å². The number of carboxylic acid groups (broad SMARTS) is 4. The van der Waals surface area contributed by atoms with E-state index in [4.69, 9.17) is 31.9 Å². The van der Waals surface area contributed by atoms with E-state index in [-0.39, 0.29) is 0 Å². The molecule has 0 saturated heterocycles. The van der Waals surface area contributed by atoms with Crippen LogP contribution in [0, 0.1) is 0 Å². The molecule has 4 amide bonds. The minimum atomic E-state index is -5.30. The van der Waals surface area contributed by atoms with Crippen LogP contribution in [-0.4, -0.2) is 155 Å². The van der Waals surface area contributed by atoms with Crippen LogP contribution in [0.15, 0.2) is 24.8 Å². The number of hydrogen-bond acceptors (Lipinski definition) is 19. The Labute approximate surface area is 386 Å². The zero-order valence-electron chi connectivity index (χ0n) is 34.7. The van der Waals surface area contributed by atoms with Crippen LogP contribution in [0.3, 0.4) is 0 Å². The van der Waals surface area contributed by atoms with Crippen molar-refractivity contribution >= 4 is 76.8 Å². The zero-order chi connectivity index (χ0) is 51.4. The lowest BCUT2D eigenvalue weighted by Crippen LogP contribution is -2.49. The number of amides is 4. The summed E-state index contributed by atoms with van der Waals surface area (Å²) in [5.74, 6) is -14.5. The van der Waals surface area contributed by atoms with Crippen LogP contribution in [0.5, 0.6) is 11.8 Å². The number of aliphatic carboxylic acids is 4. The van der Waals surface area contributed by atoms with Crippen LogP contribution >= 0.6 is 23.5 Å². The van der Waals surface area contributed by atoms with E-state index in [9.17, 15) is 69.5 Å². The Morgan fingerprint density at radius 1 is 0.603 bits per heavy atom. The number of carboxylic acids is 4. The molecule has 0 aliphatic carbocycles. The number of carbonyl (C=O) groups is 9. The molecule has 12 N–H and O–H groups in total. The lowest BCUT2D eigenvalue weighted by Gasteiger charge is -2.23. The first kappa shape index (κ1) is 57.5. The molecule has 0 fully saturated rings. The third kappa shape index (κ3) is 23.2. The molecule has 0 spiro atoms. The number of nitrogens with zero attached hydrogens (tertiary/aromatic N) is 4. The number of nitrogens with two attached hydrogens (primary N) is 2. The maximum atomic E-state index is 14.0. The molecule has 0 saturated carbocycles. The van der Waals surface area contributed by atoms with Gasteiger partial charge in [-0.1, -0.05) is 0 Å². The van der Waals surface area contributed by atoms with Gasteiger partial charge in [0.25, 0.3) is 0 Å². The quantitative estimate of drug-likeness (QED) is 0.0438. The normalized spacial score (nSPS) is 14.1. The average molecular weight is 1020 g/mol. The number of aromatic nitrogens is 4. The number of ether oxygens (including phenoxy) is 2. The Kier molecular flexibility index (Phi) is 23.1. The van der Waals surface area contributed by atoms with E-state index in [0.29, 0.717) is 35.9 Å². The molecule has 25 nitrogen and oxygen atoms in total. The van der Waals surface area contributed by atoms with Crippen LogP contribution in [0.1, 0.15) is 60.4 Å². The minimum absolute atomic E-state index is 0.418. The molecule has 376 valence electrons. The molecule has 68 heavy (non-hydrogen) atoms. The first-order chi connectivity index (χ1) is 31.6. The molecule has 2 heterocycles. The molecular formula is C35H42F6N10O15S2. The summed E-state index contributed by atoms with van der Waals surface area (Å²) in [5, 5.41) is 41.9. The SMILES string of the molecule is N[C@H](CCC(=O)N[C@@H](CSC(CC(=O)CC(SC[C@H](NC(=O)CC[C@H](N)C(=O)O)C(=O)NCC(=O)O)c1cncc(OC(F)(F)F)n1)c1cncc(OC(F)(F)F)n1)C(=O)NCC(=O)O)C(=O)O. The van der Waals surface area contributed by atoms with Gasteiger partial charge in [0.2, 0.25) is 35.4 Å². The second-order valence-corrected chi connectivity index (χ2v) is 16.2. The monoisotopic (exact) mass is 1020 g/mol. The van der Waals surface area contributed by atoms with Gasteiger partial charge in [0.15, 0.2) is 0 Å². The van der Waals surface area contributed by atoms with Crippen LogP contribution in [0.2, 0.25) is 0 Å². The summed E-state index contributed by atoms with van der Waals surface area (Å²) < 4.78 is 86.8. The van der Waals surface area contributed by atoms with E-state index in [1.807, 2.05) is 10.6 Å². The van der Waals surface area contributed by atoms with Gasteiger partial charge in [0.1, 0.15) is 43.0 Å². The lowest BCUT2D eigenvalue weighted by atomic mass is 10.1. The van der Waals surface area contributed by atoms with Gasteiger partial charge in [-0.3, -0.25) is 53.1 Å². The second-order valence-electron chi connectivity index (χ2n) is 13.7. The molecule has 0 aromatic carbocycles. The van der Waals surface area contributed by atoms with Crippen LogP contribution in [0.4, 0.5) is 26.3 Å². The van der Waals surface area contributed by atoms with Crippen molar-refractivity contribution < 1.29 is 99.4 Å². The summed E-state index contributed by atoms with van der Waals surface area (Å²) in [5.41, 5.74) is 10.0. The highest BCUT2D eigenvalue weighted by atomic mass is 32.2. The van der Waals surface area contributed by atoms with Gasteiger partial charge in [0.05, 0.1) is 34.3 Å². The Bertz CT molecular complexity index is 1990. The molecule has 33 heteroatoms. The van der Waals surface area contributed by atoms with Gasteiger partial charge >= 0.3 is 36.6 Å². The Morgan fingerprint density at radius 3 is 1.26 bits per heavy atom. The number of Topliss-reactive ketones (excluding diaryl/α,β-unsaturated/α-hetero) is 1. The van der Waals surface area contributed by atoms with E-state index in [0.717, 1.165) is 12.4 Å². The lowest BCUT2D eigenvalue weighted by molar-refractivity contribution is -0.277. The topological polar surface area (TPSA) is 405 Å². The summed E-state index contributed by atoms with van der Waals surface area (Å²) in [6.07, 6.45) is -11.3. The molecular weight excluding hydrogens is 979 g/mol. The van der Waals surface area contributed by atoms with E-state index in [1.165, 1.54) is 0 Å². The van der Waals surface area contributed by atoms with E-state index >= 15 is 0 Å².